The number of aromatic nitrogens is 1. The standard InChI is InChI=1S/C16H22N2O3/c19-15(6-5-13-3-1-2-4-13)21-12-11-18-16(20)14-7-9-17-10-8-14/h7-10,13H,1-6,11-12H2,(H,18,20). The molecule has 0 saturated heterocycles. The van der Waals surface area contributed by atoms with Gasteiger partial charge in [0.2, 0.25) is 0 Å². The molecular formula is C16H22N2O3. The van der Waals surface area contributed by atoms with Crippen LogP contribution in [0.25, 0.3) is 0 Å². The number of carbonyl (C=O) groups is 2. The summed E-state index contributed by atoms with van der Waals surface area (Å²) < 4.78 is 5.12. The van der Waals surface area contributed by atoms with E-state index >= 15 is 0 Å². The van der Waals surface area contributed by atoms with Crippen molar-refractivity contribution in [3.8, 4) is 0 Å². The Morgan fingerprint density at radius 2 is 1.95 bits per heavy atom. The van der Waals surface area contributed by atoms with E-state index in [4.69, 9.17) is 4.74 Å². The Kier molecular flexibility index (Phi) is 6.19. The van der Waals surface area contributed by atoms with Gasteiger partial charge in [0.05, 0.1) is 6.54 Å². The molecule has 1 aliphatic carbocycles. The molecule has 1 fully saturated rings. The van der Waals surface area contributed by atoms with Crippen molar-refractivity contribution in [2.24, 2.45) is 5.92 Å². The predicted molar refractivity (Wildman–Crippen MR) is 78.7 cm³/mol. The first-order valence-corrected chi connectivity index (χ1v) is 7.59. The van der Waals surface area contributed by atoms with Crippen LogP contribution in [-0.2, 0) is 9.53 Å². The SMILES string of the molecule is O=C(CCC1CCCC1)OCCNC(=O)c1ccncc1. The van der Waals surface area contributed by atoms with Gasteiger partial charge >= 0.3 is 5.97 Å². The molecule has 0 spiro atoms. The van der Waals surface area contributed by atoms with E-state index in [1.165, 1.54) is 25.7 Å². The van der Waals surface area contributed by atoms with Gasteiger partial charge in [-0.05, 0) is 24.5 Å². The van der Waals surface area contributed by atoms with E-state index < -0.39 is 0 Å². The number of hydrogen-bond donors (Lipinski definition) is 1. The number of pyridine rings is 1. The van der Waals surface area contributed by atoms with Gasteiger partial charge in [-0.2, -0.15) is 0 Å². The fraction of sp³-hybridized carbons (Fsp3) is 0.562. The number of nitrogens with zero attached hydrogens (tertiary/aromatic N) is 1. The van der Waals surface area contributed by atoms with Crippen molar-refractivity contribution in [3.05, 3.63) is 30.1 Å². The van der Waals surface area contributed by atoms with Crippen LogP contribution in [0, 0.1) is 5.92 Å². The lowest BCUT2D eigenvalue weighted by atomic mass is 10.0. The third kappa shape index (κ3) is 5.53. The summed E-state index contributed by atoms with van der Waals surface area (Å²) in [6.07, 6.45) is 9.63. The van der Waals surface area contributed by atoms with E-state index in [0.29, 0.717) is 24.4 Å². The smallest absolute Gasteiger partial charge is 0.305 e. The van der Waals surface area contributed by atoms with E-state index in [2.05, 4.69) is 10.3 Å². The lowest BCUT2D eigenvalue weighted by Gasteiger charge is -2.09. The number of esters is 1. The minimum atomic E-state index is -0.181. The fourth-order valence-electron chi connectivity index (χ4n) is 2.63. The summed E-state index contributed by atoms with van der Waals surface area (Å²) in [4.78, 5) is 27.1. The summed E-state index contributed by atoms with van der Waals surface area (Å²) in [6, 6.07) is 3.28. The molecule has 0 bridgehead atoms. The van der Waals surface area contributed by atoms with Crippen LogP contribution in [0.2, 0.25) is 0 Å². The van der Waals surface area contributed by atoms with Gasteiger partial charge in [0, 0.05) is 24.4 Å². The molecule has 1 saturated carbocycles. The highest BCUT2D eigenvalue weighted by Gasteiger charge is 2.16. The Morgan fingerprint density at radius 3 is 2.67 bits per heavy atom. The maximum absolute atomic E-state index is 11.7. The highest BCUT2D eigenvalue weighted by molar-refractivity contribution is 5.93. The number of rotatable bonds is 7. The molecule has 1 aliphatic rings. The molecule has 5 nitrogen and oxygen atoms in total. The first kappa shape index (κ1) is 15.5. The maximum Gasteiger partial charge on any atom is 0.305 e. The Hall–Kier alpha value is -1.91. The van der Waals surface area contributed by atoms with Crippen LogP contribution >= 0.6 is 0 Å². The van der Waals surface area contributed by atoms with Crippen LogP contribution in [0.3, 0.4) is 0 Å². The third-order valence-corrected chi connectivity index (χ3v) is 3.82. The molecule has 2 rings (SSSR count). The first-order chi connectivity index (χ1) is 10.3. The van der Waals surface area contributed by atoms with Crippen molar-refractivity contribution in [1.82, 2.24) is 10.3 Å². The van der Waals surface area contributed by atoms with Crippen LogP contribution in [0.1, 0.15) is 48.9 Å². The Labute approximate surface area is 125 Å². The average molecular weight is 290 g/mol. The monoisotopic (exact) mass is 290 g/mol. The Bertz CT molecular complexity index is 456. The second-order valence-electron chi connectivity index (χ2n) is 5.40. The van der Waals surface area contributed by atoms with E-state index in [-0.39, 0.29) is 18.5 Å². The summed E-state index contributed by atoms with van der Waals surface area (Å²) in [7, 11) is 0. The molecule has 0 aromatic carbocycles. The zero-order valence-corrected chi connectivity index (χ0v) is 12.2. The molecule has 5 heteroatoms. The number of carbonyl (C=O) groups excluding carboxylic acids is 2. The normalized spacial score (nSPS) is 14.9. The third-order valence-electron chi connectivity index (χ3n) is 3.82. The van der Waals surface area contributed by atoms with E-state index in [9.17, 15) is 9.59 Å². The second-order valence-corrected chi connectivity index (χ2v) is 5.40. The molecular weight excluding hydrogens is 268 g/mol. The maximum atomic E-state index is 11.7. The van der Waals surface area contributed by atoms with Crippen LogP contribution in [-0.4, -0.2) is 30.0 Å². The Morgan fingerprint density at radius 1 is 1.24 bits per heavy atom. The molecule has 0 aliphatic heterocycles. The minimum absolute atomic E-state index is 0.167. The summed E-state index contributed by atoms with van der Waals surface area (Å²) in [5, 5.41) is 2.71. The van der Waals surface area contributed by atoms with Crippen molar-refractivity contribution in [2.45, 2.75) is 38.5 Å². The van der Waals surface area contributed by atoms with Crippen molar-refractivity contribution in [3.63, 3.8) is 0 Å². The van der Waals surface area contributed by atoms with Crippen LogP contribution in [0.15, 0.2) is 24.5 Å². The number of nitrogens with one attached hydrogen (secondary N) is 1. The quantitative estimate of drug-likeness (QED) is 0.618. The molecule has 1 aromatic heterocycles. The van der Waals surface area contributed by atoms with Gasteiger partial charge in [-0.25, -0.2) is 0 Å². The van der Waals surface area contributed by atoms with Gasteiger partial charge in [-0.1, -0.05) is 25.7 Å². The number of amides is 1. The van der Waals surface area contributed by atoms with E-state index in [1.54, 1.807) is 24.5 Å². The lowest BCUT2D eigenvalue weighted by molar-refractivity contribution is -0.143. The molecule has 0 atom stereocenters. The molecule has 1 amide bonds. The number of hydrogen-bond acceptors (Lipinski definition) is 4. The molecule has 0 radical (unpaired) electrons. The van der Waals surface area contributed by atoms with Crippen molar-refractivity contribution in [2.75, 3.05) is 13.2 Å². The summed E-state index contributed by atoms with van der Waals surface area (Å²) in [6.45, 7) is 0.552. The summed E-state index contributed by atoms with van der Waals surface area (Å²) in [5.41, 5.74) is 0.553. The fourth-order valence-corrected chi connectivity index (χ4v) is 2.63. The largest absolute Gasteiger partial charge is 0.464 e. The first-order valence-electron chi connectivity index (χ1n) is 7.59. The van der Waals surface area contributed by atoms with Crippen LogP contribution in [0.4, 0.5) is 0 Å². The summed E-state index contributed by atoms with van der Waals surface area (Å²) >= 11 is 0. The number of ether oxygens (including phenoxy) is 1. The zero-order valence-electron chi connectivity index (χ0n) is 12.2. The van der Waals surface area contributed by atoms with Gasteiger partial charge in [-0.15, -0.1) is 0 Å². The summed E-state index contributed by atoms with van der Waals surface area (Å²) in [5.74, 6) is 0.350. The van der Waals surface area contributed by atoms with Gasteiger partial charge < -0.3 is 10.1 Å². The zero-order chi connectivity index (χ0) is 14.9. The molecule has 0 unspecified atom stereocenters. The van der Waals surface area contributed by atoms with Gasteiger partial charge in [0.1, 0.15) is 6.61 Å². The molecule has 21 heavy (non-hydrogen) atoms. The van der Waals surface area contributed by atoms with Gasteiger partial charge in [-0.3, -0.25) is 14.6 Å². The highest BCUT2D eigenvalue weighted by Crippen LogP contribution is 2.28. The van der Waals surface area contributed by atoms with Crippen molar-refractivity contribution >= 4 is 11.9 Å². The van der Waals surface area contributed by atoms with Crippen molar-refractivity contribution < 1.29 is 14.3 Å². The topological polar surface area (TPSA) is 68.3 Å². The lowest BCUT2D eigenvalue weighted by Crippen LogP contribution is -2.28. The van der Waals surface area contributed by atoms with Gasteiger partial charge in [0.25, 0.3) is 5.91 Å². The second kappa shape index (κ2) is 8.39. The minimum Gasteiger partial charge on any atom is -0.464 e. The molecule has 1 aromatic rings. The van der Waals surface area contributed by atoms with Crippen LogP contribution in [0.5, 0.6) is 0 Å². The molecule has 1 heterocycles. The average Bonchev–Trinajstić information content (AvgIpc) is 3.03. The van der Waals surface area contributed by atoms with E-state index in [0.717, 1.165) is 6.42 Å². The van der Waals surface area contributed by atoms with E-state index in [1.807, 2.05) is 0 Å². The van der Waals surface area contributed by atoms with Crippen molar-refractivity contribution in [1.29, 1.82) is 0 Å². The van der Waals surface area contributed by atoms with Crippen LogP contribution < -0.4 is 5.32 Å². The van der Waals surface area contributed by atoms with Gasteiger partial charge in [0.15, 0.2) is 0 Å². The molecule has 1 N–H and O–H groups in total. The molecule has 114 valence electrons. The Balaban J connectivity index is 1.54. The predicted octanol–water partition coefficient (Wildman–Crippen LogP) is 2.33. The highest BCUT2D eigenvalue weighted by atomic mass is 16.5.